The Morgan fingerprint density at radius 1 is 0.922 bits per heavy atom. The Hall–Kier alpha value is -3.74. The van der Waals surface area contributed by atoms with E-state index in [-0.39, 0.29) is 48.8 Å². The largest absolute Gasteiger partial charge is 0.497 e. The number of sulfonamides is 1. The van der Waals surface area contributed by atoms with Gasteiger partial charge in [0.15, 0.2) is 5.76 Å². The summed E-state index contributed by atoms with van der Waals surface area (Å²) in [5, 5.41) is 9.73. The molecule has 3 aliphatic heterocycles. The number of rotatable bonds is 12. The van der Waals surface area contributed by atoms with Gasteiger partial charge in [0.25, 0.3) is 5.91 Å². The maximum atomic E-state index is 14.0. The average molecular weight is 716 g/mol. The molecule has 0 bridgehead atoms. The van der Waals surface area contributed by atoms with Gasteiger partial charge < -0.3 is 29.1 Å². The lowest BCUT2D eigenvalue weighted by Gasteiger charge is -2.40. The minimum absolute atomic E-state index is 0.00750. The Kier molecular flexibility index (Phi) is 11.1. The summed E-state index contributed by atoms with van der Waals surface area (Å²) < 4.78 is 45.9. The number of methoxy groups -OCH3 is 1. The monoisotopic (exact) mass is 715 g/mol. The molecule has 3 aromatic carbocycles. The number of hydrogen-bond donors (Lipinski definition) is 1. The third-order valence-electron chi connectivity index (χ3n) is 10.9. The summed E-state index contributed by atoms with van der Waals surface area (Å²) in [6, 6.07) is 21.7. The van der Waals surface area contributed by atoms with Crippen LogP contribution in [0.25, 0.3) is 11.1 Å². The van der Waals surface area contributed by atoms with Crippen LogP contribution in [0.3, 0.4) is 0 Å². The van der Waals surface area contributed by atoms with Gasteiger partial charge in [0.05, 0.1) is 25.2 Å². The predicted octanol–water partition coefficient (Wildman–Crippen LogP) is 5.16. The number of nitrogens with zero attached hydrogens (tertiary/aromatic N) is 3. The van der Waals surface area contributed by atoms with Crippen LogP contribution in [0.1, 0.15) is 61.1 Å². The third kappa shape index (κ3) is 7.88. The summed E-state index contributed by atoms with van der Waals surface area (Å²) in [7, 11) is -2.38. The van der Waals surface area contributed by atoms with E-state index >= 15 is 0 Å². The smallest absolute Gasteiger partial charge is 0.288 e. The Balaban J connectivity index is 1.06. The number of allylic oxidation sites excluding steroid dienone is 1. The Morgan fingerprint density at radius 3 is 2.41 bits per heavy atom. The lowest BCUT2D eigenvalue weighted by molar-refractivity contribution is -0.153. The SMILES string of the molecule is COc1ccc(S(=O)(=O)N(CCO)CCO[C@@H]2C[C@H](c3ccc4c(c3)Cc3ccccc3-4)C=C(C(=O)N3CCC(N4CCCCC4)CC3)O2)cc1. The summed E-state index contributed by atoms with van der Waals surface area (Å²) in [5.74, 6) is 0.587. The lowest BCUT2D eigenvalue weighted by atomic mass is 9.90. The van der Waals surface area contributed by atoms with Crippen molar-refractivity contribution < 1.29 is 32.5 Å². The Morgan fingerprint density at radius 2 is 1.67 bits per heavy atom. The zero-order chi connectivity index (χ0) is 35.4. The van der Waals surface area contributed by atoms with Gasteiger partial charge in [-0.15, -0.1) is 0 Å². The maximum Gasteiger partial charge on any atom is 0.288 e. The molecule has 0 spiro atoms. The standard InChI is InChI=1S/C40H49N3O7S/c1-48-34-10-12-35(13-11-34)51(46,47)43(21-23-44)22-24-49-39-28-31(29-9-14-37-32(25-29)26-30-7-3-4-8-36(30)37)27-38(50-39)40(45)42-19-15-33(16-20-42)41-17-5-2-6-18-41/h3-4,7-14,25,27,31,33,39,44H,2,5-6,15-24,26,28H2,1H3/t31-,39+/m1/s1. The van der Waals surface area contributed by atoms with Crippen LogP contribution in [0.2, 0.25) is 0 Å². The molecule has 0 radical (unpaired) electrons. The van der Waals surface area contributed by atoms with Crippen LogP contribution >= 0.6 is 0 Å². The van der Waals surface area contributed by atoms with Crippen LogP contribution in [0.5, 0.6) is 5.75 Å². The number of ether oxygens (including phenoxy) is 3. The second-order valence-electron chi connectivity index (χ2n) is 14.0. The van der Waals surface area contributed by atoms with Gasteiger partial charge in [-0.3, -0.25) is 4.79 Å². The van der Waals surface area contributed by atoms with Crippen LogP contribution in [-0.2, 0) is 30.7 Å². The fourth-order valence-corrected chi connectivity index (χ4v) is 9.47. The molecule has 0 unspecified atom stereocenters. The van der Waals surface area contributed by atoms with Crippen molar-refractivity contribution in [1.82, 2.24) is 14.1 Å². The van der Waals surface area contributed by atoms with E-state index in [1.165, 1.54) is 65.1 Å². The highest BCUT2D eigenvalue weighted by Gasteiger charge is 2.35. The van der Waals surface area contributed by atoms with Gasteiger partial charge >= 0.3 is 0 Å². The molecule has 1 N–H and O–H groups in total. The van der Waals surface area contributed by atoms with Crippen LogP contribution in [0.15, 0.2) is 83.5 Å². The molecular formula is C40H49N3O7S. The van der Waals surface area contributed by atoms with E-state index in [0.29, 0.717) is 31.3 Å². The third-order valence-corrected chi connectivity index (χ3v) is 12.8. The van der Waals surface area contributed by atoms with E-state index in [1.54, 1.807) is 12.1 Å². The van der Waals surface area contributed by atoms with Crippen molar-refractivity contribution in [3.8, 4) is 16.9 Å². The molecule has 1 aliphatic carbocycles. The molecule has 0 saturated carbocycles. The highest BCUT2D eigenvalue weighted by atomic mass is 32.2. The number of fused-ring (bicyclic) bond motifs is 3. The van der Waals surface area contributed by atoms with E-state index < -0.39 is 16.3 Å². The average Bonchev–Trinajstić information content (AvgIpc) is 3.55. The zero-order valence-corrected chi connectivity index (χ0v) is 30.2. The fraction of sp³-hybridized carbons (Fsp3) is 0.475. The van der Waals surface area contributed by atoms with E-state index in [1.807, 2.05) is 11.0 Å². The second kappa shape index (κ2) is 15.9. The van der Waals surface area contributed by atoms with Gasteiger partial charge in [0.1, 0.15) is 5.75 Å². The highest BCUT2D eigenvalue weighted by molar-refractivity contribution is 7.89. The van der Waals surface area contributed by atoms with Crippen LogP contribution in [0.4, 0.5) is 0 Å². The number of carbonyl (C=O) groups is 1. The van der Waals surface area contributed by atoms with Crippen molar-refractivity contribution >= 4 is 15.9 Å². The maximum absolute atomic E-state index is 14.0. The minimum Gasteiger partial charge on any atom is -0.497 e. The molecule has 0 aromatic heterocycles. The first kappa shape index (κ1) is 35.7. The molecule has 272 valence electrons. The quantitative estimate of drug-likeness (QED) is 0.215. The first-order valence-corrected chi connectivity index (χ1v) is 19.8. The van der Waals surface area contributed by atoms with E-state index in [4.69, 9.17) is 14.2 Å². The highest BCUT2D eigenvalue weighted by Crippen LogP contribution is 2.40. The topological polar surface area (TPSA) is 109 Å². The number of piperidine rings is 2. The molecule has 10 nitrogen and oxygen atoms in total. The number of hydrogen-bond acceptors (Lipinski definition) is 8. The number of aliphatic hydroxyl groups is 1. The molecule has 2 atom stereocenters. The lowest BCUT2D eigenvalue weighted by Crippen LogP contribution is -2.49. The van der Waals surface area contributed by atoms with E-state index in [0.717, 1.165) is 37.9 Å². The number of amides is 1. The van der Waals surface area contributed by atoms with Crippen molar-refractivity contribution in [2.45, 2.75) is 68.1 Å². The molecule has 3 aromatic rings. The predicted molar refractivity (Wildman–Crippen MR) is 195 cm³/mol. The van der Waals surface area contributed by atoms with Crippen LogP contribution in [0, 0.1) is 0 Å². The zero-order valence-electron chi connectivity index (χ0n) is 29.4. The van der Waals surface area contributed by atoms with E-state index in [9.17, 15) is 18.3 Å². The molecule has 7 rings (SSSR count). The van der Waals surface area contributed by atoms with Crippen molar-refractivity contribution in [2.75, 3.05) is 59.6 Å². The summed E-state index contributed by atoms with van der Waals surface area (Å²) in [6.07, 6.45) is 8.26. The summed E-state index contributed by atoms with van der Waals surface area (Å²) in [4.78, 5) is 18.6. The Bertz CT molecular complexity index is 1820. The molecule has 51 heavy (non-hydrogen) atoms. The van der Waals surface area contributed by atoms with Gasteiger partial charge in [-0.2, -0.15) is 4.31 Å². The summed E-state index contributed by atoms with van der Waals surface area (Å²) >= 11 is 0. The van der Waals surface area contributed by atoms with Crippen molar-refractivity contribution in [3.63, 3.8) is 0 Å². The first-order chi connectivity index (χ1) is 24.8. The molecule has 11 heteroatoms. The molecule has 4 aliphatic rings. The van der Waals surface area contributed by atoms with E-state index in [2.05, 4.69) is 47.4 Å². The van der Waals surface area contributed by atoms with Gasteiger partial charge in [-0.05, 0) is 103 Å². The molecule has 3 heterocycles. The van der Waals surface area contributed by atoms with Gasteiger partial charge in [0, 0.05) is 44.6 Å². The number of likely N-dealkylation sites (tertiary alicyclic amines) is 2. The molecule has 1 amide bonds. The minimum atomic E-state index is -3.90. The Labute approximate surface area is 301 Å². The van der Waals surface area contributed by atoms with Gasteiger partial charge in [-0.25, -0.2) is 8.42 Å². The fourth-order valence-electron chi connectivity index (χ4n) is 8.06. The van der Waals surface area contributed by atoms with Crippen molar-refractivity contribution in [2.24, 2.45) is 0 Å². The number of benzene rings is 3. The second-order valence-corrected chi connectivity index (χ2v) is 15.9. The molecule has 2 saturated heterocycles. The van der Waals surface area contributed by atoms with Gasteiger partial charge in [0.2, 0.25) is 16.3 Å². The van der Waals surface area contributed by atoms with Crippen LogP contribution < -0.4 is 4.74 Å². The number of carbonyl (C=O) groups excluding carboxylic acids is 1. The summed E-state index contributed by atoms with van der Waals surface area (Å²) in [5.41, 5.74) is 6.18. The molecular weight excluding hydrogens is 667 g/mol. The first-order valence-electron chi connectivity index (χ1n) is 18.3. The van der Waals surface area contributed by atoms with Crippen molar-refractivity contribution in [3.05, 3.63) is 95.3 Å². The normalized spacial score (nSPS) is 21.2. The summed E-state index contributed by atoms with van der Waals surface area (Å²) in [6.45, 7) is 3.28. The number of aliphatic hydroxyl groups excluding tert-OH is 1. The molecule has 2 fully saturated rings. The van der Waals surface area contributed by atoms with Crippen LogP contribution in [-0.4, -0.2) is 105 Å². The van der Waals surface area contributed by atoms with Crippen molar-refractivity contribution in [1.29, 1.82) is 0 Å². The van der Waals surface area contributed by atoms with Gasteiger partial charge in [-0.1, -0.05) is 48.9 Å².